The van der Waals surface area contributed by atoms with Gasteiger partial charge in [0.25, 0.3) is 5.24 Å². The first-order valence-electron chi connectivity index (χ1n) is 7.64. The second kappa shape index (κ2) is 7.45. The number of halogens is 1. The van der Waals surface area contributed by atoms with Gasteiger partial charge in [0.15, 0.2) is 9.84 Å². The van der Waals surface area contributed by atoms with E-state index in [-0.39, 0.29) is 10.5 Å². The monoisotopic (exact) mass is 381 g/mol. The zero-order chi connectivity index (χ0) is 18.8. The van der Waals surface area contributed by atoms with Crippen LogP contribution in [0.3, 0.4) is 0 Å². The fourth-order valence-corrected chi connectivity index (χ4v) is 3.77. The third-order valence-electron chi connectivity index (χ3n) is 3.98. The quantitative estimate of drug-likeness (QED) is 0.712. The molecule has 2 aromatic carbocycles. The molecule has 7 heteroatoms. The molecule has 0 aliphatic heterocycles. The molecular formula is C18H20ClNO4S. The number of para-hydroxylation sites is 2. The van der Waals surface area contributed by atoms with Gasteiger partial charge in [0.05, 0.1) is 23.4 Å². The molecule has 0 aliphatic carbocycles. The topological polar surface area (TPSA) is 63.7 Å². The maximum absolute atomic E-state index is 12.3. The summed E-state index contributed by atoms with van der Waals surface area (Å²) < 4.78 is 30.0. The van der Waals surface area contributed by atoms with Crippen molar-refractivity contribution in [3.8, 4) is 5.75 Å². The predicted octanol–water partition coefficient (Wildman–Crippen LogP) is 3.81. The van der Waals surface area contributed by atoms with E-state index in [1.165, 1.54) is 6.07 Å². The number of aryl methyl sites for hydroxylation is 1. The number of nitrogens with zero attached hydrogens (tertiary/aromatic N) is 1. The van der Waals surface area contributed by atoms with Crippen molar-refractivity contribution in [2.75, 3.05) is 25.3 Å². The maximum atomic E-state index is 12.3. The van der Waals surface area contributed by atoms with Crippen LogP contribution in [0.4, 0.5) is 11.4 Å². The second-order valence-electron chi connectivity index (χ2n) is 5.61. The Morgan fingerprint density at radius 3 is 2.36 bits per heavy atom. The van der Waals surface area contributed by atoms with E-state index in [1.807, 2.05) is 25.1 Å². The van der Waals surface area contributed by atoms with Crippen molar-refractivity contribution in [3.63, 3.8) is 0 Å². The Balaban J connectivity index is 2.77. The van der Waals surface area contributed by atoms with Gasteiger partial charge in [-0.2, -0.15) is 0 Å². The number of sulfone groups is 1. The smallest absolute Gasteiger partial charge is 0.252 e. The molecule has 2 rings (SSSR count). The van der Waals surface area contributed by atoms with Crippen LogP contribution in [-0.4, -0.2) is 34.1 Å². The minimum atomic E-state index is -3.58. The lowest BCUT2D eigenvalue weighted by atomic mass is 10.0. The molecule has 2 aromatic rings. The number of ether oxygens (including phenoxy) is 1. The van der Waals surface area contributed by atoms with Gasteiger partial charge in [0, 0.05) is 18.9 Å². The molecule has 0 aromatic heterocycles. The Morgan fingerprint density at radius 1 is 1.20 bits per heavy atom. The first-order chi connectivity index (χ1) is 11.7. The number of methoxy groups -OCH3 is 1. The fraction of sp³-hybridized carbons (Fsp3) is 0.278. The number of benzene rings is 2. The van der Waals surface area contributed by atoms with Crippen LogP contribution in [0.1, 0.15) is 22.8 Å². The van der Waals surface area contributed by atoms with E-state index in [9.17, 15) is 13.2 Å². The van der Waals surface area contributed by atoms with Crippen molar-refractivity contribution in [1.82, 2.24) is 0 Å². The molecule has 0 radical (unpaired) electrons. The van der Waals surface area contributed by atoms with Gasteiger partial charge in [-0.1, -0.05) is 19.1 Å². The Kier molecular flexibility index (Phi) is 5.75. The van der Waals surface area contributed by atoms with E-state index in [1.54, 1.807) is 31.2 Å². The SMILES string of the molecule is CCc1cc(N(C)c2ccccc2OC)c(S(C)(=O)=O)cc1C(=O)Cl. The summed E-state index contributed by atoms with van der Waals surface area (Å²) in [4.78, 5) is 13.5. The van der Waals surface area contributed by atoms with Crippen LogP contribution in [-0.2, 0) is 16.3 Å². The molecule has 134 valence electrons. The summed E-state index contributed by atoms with van der Waals surface area (Å²) in [6.45, 7) is 1.88. The van der Waals surface area contributed by atoms with Gasteiger partial charge >= 0.3 is 0 Å². The van der Waals surface area contributed by atoms with Gasteiger partial charge in [-0.3, -0.25) is 4.79 Å². The van der Waals surface area contributed by atoms with Gasteiger partial charge in [-0.15, -0.1) is 0 Å². The lowest BCUT2D eigenvalue weighted by Gasteiger charge is -2.25. The number of hydrogen-bond acceptors (Lipinski definition) is 5. The molecule has 25 heavy (non-hydrogen) atoms. The van der Waals surface area contributed by atoms with Crippen LogP contribution in [0.5, 0.6) is 5.75 Å². The zero-order valence-corrected chi connectivity index (χ0v) is 16.1. The summed E-state index contributed by atoms with van der Waals surface area (Å²) in [5.74, 6) is 0.611. The zero-order valence-electron chi connectivity index (χ0n) is 14.5. The minimum Gasteiger partial charge on any atom is -0.495 e. The van der Waals surface area contributed by atoms with Crippen LogP contribution < -0.4 is 9.64 Å². The number of carbonyl (C=O) groups excluding carboxylic acids is 1. The molecule has 0 aliphatic rings. The van der Waals surface area contributed by atoms with Crippen molar-refractivity contribution >= 4 is 38.1 Å². The molecule has 0 saturated heterocycles. The van der Waals surface area contributed by atoms with Gasteiger partial charge in [-0.25, -0.2) is 8.42 Å². The standard InChI is InChI=1S/C18H20ClNO4S/c1-5-12-10-15(17(25(4,22)23)11-13(12)18(19)21)20(2)14-8-6-7-9-16(14)24-3/h6-11H,5H2,1-4H3. The maximum Gasteiger partial charge on any atom is 0.252 e. The summed E-state index contributed by atoms with van der Waals surface area (Å²) in [6.07, 6.45) is 1.65. The van der Waals surface area contributed by atoms with Crippen molar-refractivity contribution in [2.45, 2.75) is 18.2 Å². The molecule has 0 spiro atoms. The van der Waals surface area contributed by atoms with E-state index in [2.05, 4.69) is 0 Å². The van der Waals surface area contributed by atoms with Gasteiger partial charge in [-0.05, 0) is 47.9 Å². The Labute approximate surface area is 153 Å². The highest BCUT2D eigenvalue weighted by Crippen LogP contribution is 2.37. The number of hydrogen-bond donors (Lipinski definition) is 0. The molecule has 0 unspecified atom stereocenters. The Morgan fingerprint density at radius 2 is 1.84 bits per heavy atom. The Bertz CT molecular complexity index is 909. The summed E-state index contributed by atoms with van der Waals surface area (Å²) in [5, 5.41) is -0.673. The minimum absolute atomic E-state index is 0.0436. The Hall–Kier alpha value is -2.05. The fourth-order valence-electron chi connectivity index (χ4n) is 2.68. The molecule has 0 bridgehead atoms. The highest BCUT2D eigenvalue weighted by atomic mass is 35.5. The van der Waals surface area contributed by atoms with Crippen molar-refractivity contribution < 1.29 is 17.9 Å². The van der Waals surface area contributed by atoms with Crippen LogP contribution >= 0.6 is 11.6 Å². The van der Waals surface area contributed by atoms with Crippen LogP contribution in [0.15, 0.2) is 41.3 Å². The summed E-state index contributed by atoms with van der Waals surface area (Å²) in [7, 11) is -0.274. The van der Waals surface area contributed by atoms with E-state index >= 15 is 0 Å². The molecule has 0 N–H and O–H groups in total. The summed E-state index contributed by atoms with van der Waals surface area (Å²) in [6, 6.07) is 10.3. The van der Waals surface area contributed by atoms with Gasteiger partial charge in [0.2, 0.25) is 0 Å². The summed E-state index contributed by atoms with van der Waals surface area (Å²) in [5.41, 5.74) is 2.07. The average molecular weight is 382 g/mol. The average Bonchev–Trinajstić information content (AvgIpc) is 2.58. The lowest BCUT2D eigenvalue weighted by Crippen LogP contribution is -2.16. The number of carbonyl (C=O) groups is 1. The largest absolute Gasteiger partial charge is 0.495 e. The van der Waals surface area contributed by atoms with Gasteiger partial charge in [0.1, 0.15) is 5.75 Å². The highest BCUT2D eigenvalue weighted by Gasteiger charge is 2.23. The van der Waals surface area contributed by atoms with Crippen molar-refractivity contribution in [1.29, 1.82) is 0 Å². The van der Waals surface area contributed by atoms with Gasteiger partial charge < -0.3 is 9.64 Å². The van der Waals surface area contributed by atoms with Crippen LogP contribution in [0.2, 0.25) is 0 Å². The second-order valence-corrected chi connectivity index (χ2v) is 7.93. The first kappa shape index (κ1) is 19.3. The number of rotatable bonds is 6. The van der Waals surface area contributed by atoms with E-state index in [4.69, 9.17) is 16.3 Å². The third-order valence-corrected chi connectivity index (χ3v) is 5.31. The number of anilines is 2. The van der Waals surface area contributed by atoms with E-state index in [0.29, 0.717) is 29.1 Å². The molecule has 0 fully saturated rings. The molecule has 0 atom stereocenters. The highest BCUT2D eigenvalue weighted by molar-refractivity contribution is 7.90. The van der Waals surface area contributed by atoms with Crippen LogP contribution in [0, 0.1) is 0 Å². The molecule has 0 saturated carbocycles. The molecule has 0 amide bonds. The molecule has 0 heterocycles. The van der Waals surface area contributed by atoms with Crippen molar-refractivity contribution in [2.24, 2.45) is 0 Å². The first-order valence-corrected chi connectivity index (χ1v) is 9.91. The third kappa shape index (κ3) is 3.96. The molecular weight excluding hydrogens is 362 g/mol. The van der Waals surface area contributed by atoms with E-state index < -0.39 is 15.1 Å². The normalized spacial score (nSPS) is 11.2. The lowest BCUT2D eigenvalue weighted by molar-refractivity contribution is 0.108. The predicted molar refractivity (Wildman–Crippen MR) is 100 cm³/mol. The summed E-state index contributed by atoms with van der Waals surface area (Å²) >= 11 is 5.64. The van der Waals surface area contributed by atoms with Crippen LogP contribution in [0.25, 0.3) is 0 Å². The van der Waals surface area contributed by atoms with Crippen molar-refractivity contribution in [3.05, 3.63) is 47.5 Å². The molecule has 5 nitrogen and oxygen atoms in total. The van der Waals surface area contributed by atoms with E-state index in [0.717, 1.165) is 6.26 Å².